The van der Waals surface area contributed by atoms with Crippen molar-refractivity contribution in [2.75, 3.05) is 30.8 Å². The van der Waals surface area contributed by atoms with Crippen LogP contribution < -0.4 is 15.4 Å². The van der Waals surface area contributed by atoms with Crippen LogP contribution in [0.2, 0.25) is 0 Å². The molecule has 11 heteroatoms. The Kier molecular flexibility index (Phi) is 8.18. The summed E-state index contributed by atoms with van der Waals surface area (Å²) in [6.07, 6.45) is -2.79. The molecular weight excluding hydrogens is 519 g/mol. The molecule has 2 N–H and O–H groups in total. The maximum Gasteiger partial charge on any atom is 0.280 e. The summed E-state index contributed by atoms with van der Waals surface area (Å²) in [6.45, 7) is 13.2. The first-order valence-corrected chi connectivity index (χ1v) is 12.4. The predicted octanol–water partition coefficient (Wildman–Crippen LogP) is 6.24. The number of benzene rings is 1. The van der Waals surface area contributed by atoms with Crippen molar-refractivity contribution < 1.29 is 17.9 Å². The number of hydrogen-bond donors (Lipinski definition) is 1. The highest BCUT2D eigenvalue weighted by molar-refractivity contribution is 5.85. The summed E-state index contributed by atoms with van der Waals surface area (Å²) in [5.74, 6) is 0.201. The molecule has 206 valence electrons. The Hall–Kier alpha value is -4.72. The summed E-state index contributed by atoms with van der Waals surface area (Å²) in [5.41, 5.74) is 7.36. The number of nitrogens with zero attached hydrogens (tertiary/aromatic N) is 6. The molecule has 0 fully saturated rings. The van der Waals surface area contributed by atoms with Crippen molar-refractivity contribution in [3.63, 3.8) is 0 Å². The van der Waals surface area contributed by atoms with Gasteiger partial charge < -0.3 is 20.2 Å². The Balaban J connectivity index is 1.70. The highest BCUT2D eigenvalue weighted by Gasteiger charge is 2.28. The Labute approximate surface area is 230 Å². The monoisotopic (exact) mass is 547 g/mol. The molecule has 0 spiro atoms. The zero-order valence-electron chi connectivity index (χ0n) is 22.5. The number of anilines is 2. The van der Waals surface area contributed by atoms with E-state index in [9.17, 15) is 13.2 Å². The molecule has 0 aliphatic rings. The van der Waals surface area contributed by atoms with E-state index in [-0.39, 0.29) is 18.4 Å². The molecule has 8 nitrogen and oxygen atoms in total. The first-order valence-electron chi connectivity index (χ1n) is 12.4. The lowest BCUT2D eigenvalue weighted by molar-refractivity contribution is 0.146. The van der Waals surface area contributed by atoms with Crippen molar-refractivity contribution in [2.45, 2.75) is 32.7 Å². The van der Waals surface area contributed by atoms with Crippen molar-refractivity contribution in [3.05, 3.63) is 88.9 Å². The van der Waals surface area contributed by atoms with Gasteiger partial charge in [-0.2, -0.15) is 4.98 Å². The molecule has 4 aromatic rings. The summed E-state index contributed by atoms with van der Waals surface area (Å²) in [4.78, 5) is 22.7. The second-order valence-corrected chi connectivity index (χ2v) is 9.66. The molecule has 0 aliphatic carbocycles. The number of likely N-dealkylation sites (N-methyl/N-ethyl adjacent to an activating group) is 1. The zero-order chi connectivity index (χ0) is 29.0. The van der Waals surface area contributed by atoms with Crippen LogP contribution in [-0.2, 0) is 5.54 Å². The van der Waals surface area contributed by atoms with Gasteiger partial charge in [0.25, 0.3) is 12.0 Å². The van der Waals surface area contributed by atoms with E-state index >= 15 is 0 Å². The molecule has 0 amide bonds. The first kappa shape index (κ1) is 28.3. The van der Waals surface area contributed by atoms with E-state index in [0.717, 1.165) is 0 Å². The lowest BCUT2D eigenvalue weighted by Gasteiger charge is -2.21. The van der Waals surface area contributed by atoms with Gasteiger partial charge in [0.2, 0.25) is 11.8 Å². The normalized spacial score (nSPS) is 11.4. The molecule has 3 heterocycles. The standard InChI is InChI=1S/C29H28F3N7O/c1-17-15-19(16-21(35-17)26(31)32)24-25(18-9-11-20(30)12-10-18)37-28(33)38-27(24)40-14-13-39(5)23-8-6-7-22(36-23)29(2,3)34-4/h6-12,15-16,26H,13-14H2,1-3,5H3,(H2,33,37,38). The quantitative estimate of drug-likeness (QED) is 0.248. The molecular formula is C29H28F3N7O. The van der Waals surface area contributed by atoms with Gasteiger partial charge in [-0.1, -0.05) is 6.07 Å². The van der Waals surface area contributed by atoms with Crippen molar-refractivity contribution in [3.8, 4) is 28.3 Å². The highest BCUT2D eigenvalue weighted by Crippen LogP contribution is 2.39. The van der Waals surface area contributed by atoms with E-state index in [1.807, 2.05) is 30.1 Å². The fourth-order valence-corrected chi connectivity index (χ4v) is 4.02. The molecule has 0 saturated heterocycles. The Bertz CT molecular complexity index is 1550. The Morgan fingerprint density at radius 1 is 1.02 bits per heavy atom. The summed E-state index contributed by atoms with van der Waals surface area (Å²) in [5, 5.41) is 0. The maximum absolute atomic E-state index is 13.7. The highest BCUT2D eigenvalue weighted by atomic mass is 19.3. The van der Waals surface area contributed by atoms with Crippen LogP contribution >= 0.6 is 0 Å². The minimum atomic E-state index is -2.79. The number of alkyl halides is 2. The summed E-state index contributed by atoms with van der Waals surface area (Å²) in [7, 11) is 1.83. The van der Waals surface area contributed by atoms with Crippen molar-refractivity contribution >= 4 is 11.8 Å². The van der Waals surface area contributed by atoms with E-state index in [2.05, 4.69) is 24.8 Å². The number of rotatable bonds is 9. The van der Waals surface area contributed by atoms with Gasteiger partial charge >= 0.3 is 0 Å². The van der Waals surface area contributed by atoms with Gasteiger partial charge in [-0.3, -0.25) is 4.98 Å². The van der Waals surface area contributed by atoms with Gasteiger partial charge in [0, 0.05) is 32.2 Å². The smallest absolute Gasteiger partial charge is 0.280 e. The molecule has 0 radical (unpaired) electrons. The van der Waals surface area contributed by atoms with Crippen LogP contribution in [-0.4, -0.2) is 40.1 Å². The van der Waals surface area contributed by atoms with Crippen molar-refractivity contribution in [1.29, 1.82) is 0 Å². The van der Waals surface area contributed by atoms with E-state index in [0.29, 0.717) is 46.1 Å². The van der Waals surface area contributed by atoms with E-state index < -0.39 is 23.5 Å². The molecule has 0 bridgehead atoms. The number of pyridine rings is 2. The van der Waals surface area contributed by atoms with Crippen LogP contribution in [0.25, 0.3) is 27.2 Å². The van der Waals surface area contributed by atoms with Crippen LogP contribution in [0.1, 0.15) is 37.4 Å². The number of ether oxygens (including phenoxy) is 1. The number of nitrogen functional groups attached to an aromatic ring is 1. The minimum absolute atomic E-state index is 0.0851. The molecule has 0 unspecified atom stereocenters. The van der Waals surface area contributed by atoms with Crippen LogP contribution in [0.5, 0.6) is 5.88 Å². The molecule has 40 heavy (non-hydrogen) atoms. The third-order valence-electron chi connectivity index (χ3n) is 6.19. The third kappa shape index (κ3) is 6.29. The van der Waals surface area contributed by atoms with Gasteiger partial charge in [0.1, 0.15) is 29.6 Å². The van der Waals surface area contributed by atoms with E-state index in [1.165, 1.54) is 30.3 Å². The lowest BCUT2D eigenvalue weighted by Crippen LogP contribution is -2.26. The largest absolute Gasteiger partial charge is 0.475 e. The van der Waals surface area contributed by atoms with E-state index in [4.69, 9.17) is 17.0 Å². The number of nitrogens with two attached hydrogens (primary N) is 1. The van der Waals surface area contributed by atoms with Gasteiger partial charge in [-0.15, -0.1) is 0 Å². The van der Waals surface area contributed by atoms with Gasteiger partial charge in [0.15, 0.2) is 0 Å². The molecule has 1 aromatic carbocycles. The number of aromatic nitrogens is 4. The average Bonchev–Trinajstić information content (AvgIpc) is 2.92. The predicted molar refractivity (Wildman–Crippen MR) is 147 cm³/mol. The van der Waals surface area contributed by atoms with E-state index in [1.54, 1.807) is 26.8 Å². The molecule has 4 rings (SSSR count). The number of hydrogen-bond acceptors (Lipinski definition) is 7. The zero-order valence-corrected chi connectivity index (χ0v) is 22.5. The minimum Gasteiger partial charge on any atom is -0.475 e. The van der Waals surface area contributed by atoms with Crippen molar-refractivity contribution in [1.82, 2.24) is 19.9 Å². The van der Waals surface area contributed by atoms with Gasteiger partial charge in [-0.05, 0) is 61.0 Å². The third-order valence-corrected chi connectivity index (χ3v) is 6.19. The van der Waals surface area contributed by atoms with Crippen LogP contribution in [0.4, 0.5) is 24.9 Å². The van der Waals surface area contributed by atoms with Crippen LogP contribution in [0.15, 0.2) is 54.6 Å². The topological polar surface area (TPSA) is 94.4 Å². The summed E-state index contributed by atoms with van der Waals surface area (Å²) >= 11 is 0. The van der Waals surface area contributed by atoms with Crippen molar-refractivity contribution in [2.24, 2.45) is 0 Å². The van der Waals surface area contributed by atoms with Gasteiger partial charge in [0.05, 0.1) is 17.8 Å². The number of aryl methyl sites for hydroxylation is 1. The fourth-order valence-electron chi connectivity index (χ4n) is 4.02. The summed E-state index contributed by atoms with van der Waals surface area (Å²) < 4.78 is 47.0. The lowest BCUT2D eigenvalue weighted by atomic mass is 9.99. The van der Waals surface area contributed by atoms with Crippen LogP contribution in [0.3, 0.4) is 0 Å². The molecule has 0 aliphatic heterocycles. The number of halogens is 3. The second-order valence-electron chi connectivity index (χ2n) is 9.66. The Morgan fingerprint density at radius 2 is 1.75 bits per heavy atom. The molecule has 3 aromatic heterocycles. The summed E-state index contributed by atoms with van der Waals surface area (Å²) in [6, 6.07) is 13.9. The fraction of sp³-hybridized carbons (Fsp3) is 0.276. The first-order chi connectivity index (χ1) is 19.0. The second kappa shape index (κ2) is 11.6. The van der Waals surface area contributed by atoms with Crippen LogP contribution in [0, 0.1) is 19.3 Å². The molecule has 0 atom stereocenters. The Morgan fingerprint density at radius 3 is 2.42 bits per heavy atom. The van der Waals surface area contributed by atoms with Gasteiger partial charge in [-0.25, -0.2) is 29.7 Å². The SMILES string of the molecule is [C-]#[N+]C(C)(C)c1cccc(N(C)CCOc2nc(N)nc(-c3ccc(F)cc3)c2-c2cc(C)nc(C(F)F)c2)n1. The molecule has 0 saturated carbocycles. The maximum atomic E-state index is 13.7. The average molecular weight is 548 g/mol.